The van der Waals surface area contributed by atoms with Crippen molar-refractivity contribution in [3.05, 3.63) is 35.9 Å². The third kappa shape index (κ3) is 4.95. The molecule has 27 heavy (non-hydrogen) atoms. The molecule has 0 aromatic heterocycles. The van der Waals surface area contributed by atoms with Crippen molar-refractivity contribution in [2.75, 3.05) is 20.3 Å². The molecule has 148 valence electrons. The van der Waals surface area contributed by atoms with E-state index in [1.54, 1.807) is 13.8 Å². The number of rotatable bonds is 6. The smallest absolute Gasteiger partial charge is 0.413 e. The van der Waals surface area contributed by atoms with Crippen LogP contribution in [0.5, 0.6) is 0 Å². The van der Waals surface area contributed by atoms with Crippen LogP contribution >= 0.6 is 0 Å². The maximum absolute atomic E-state index is 12.6. The topological polar surface area (TPSA) is 114 Å². The highest BCUT2D eigenvalue weighted by Gasteiger charge is 2.48. The molecule has 0 spiro atoms. The first-order chi connectivity index (χ1) is 12.8. The van der Waals surface area contributed by atoms with Crippen molar-refractivity contribution in [1.82, 2.24) is 10.2 Å². The van der Waals surface area contributed by atoms with E-state index in [1.807, 2.05) is 30.3 Å². The molecule has 9 nitrogen and oxygen atoms in total. The summed E-state index contributed by atoms with van der Waals surface area (Å²) in [6, 6.07) is 6.88. The summed E-state index contributed by atoms with van der Waals surface area (Å²) in [6.45, 7) is 2.61. The van der Waals surface area contributed by atoms with Gasteiger partial charge in [-0.1, -0.05) is 30.3 Å². The summed E-state index contributed by atoms with van der Waals surface area (Å²) in [4.78, 5) is 37.9. The first kappa shape index (κ1) is 20.7. The zero-order chi connectivity index (χ0) is 20.0. The Hall–Kier alpha value is -2.65. The summed E-state index contributed by atoms with van der Waals surface area (Å²) in [6.07, 6.45) is -0.722. The number of aliphatic hydroxyl groups excluding tert-OH is 1. The van der Waals surface area contributed by atoms with E-state index in [2.05, 4.69) is 10.1 Å². The van der Waals surface area contributed by atoms with Gasteiger partial charge in [-0.15, -0.1) is 0 Å². The van der Waals surface area contributed by atoms with Crippen LogP contribution in [0.2, 0.25) is 0 Å². The molecule has 0 bridgehead atoms. The molecule has 1 aromatic rings. The molecule has 1 fully saturated rings. The van der Waals surface area contributed by atoms with Crippen molar-refractivity contribution in [1.29, 1.82) is 0 Å². The van der Waals surface area contributed by atoms with Crippen LogP contribution in [-0.2, 0) is 30.4 Å². The molecule has 0 aliphatic carbocycles. The summed E-state index contributed by atoms with van der Waals surface area (Å²) in [5, 5.41) is 11.6. The average Bonchev–Trinajstić information content (AvgIpc) is 2.99. The number of aliphatic hydroxyl groups is 1. The second kappa shape index (κ2) is 8.83. The number of benzene rings is 1. The highest BCUT2D eigenvalue weighted by molar-refractivity contribution is 5.90. The van der Waals surface area contributed by atoms with Crippen LogP contribution in [0.3, 0.4) is 0 Å². The highest BCUT2D eigenvalue weighted by Crippen LogP contribution is 2.28. The van der Waals surface area contributed by atoms with Crippen LogP contribution in [-0.4, -0.2) is 66.1 Å². The van der Waals surface area contributed by atoms with Crippen LogP contribution in [0, 0.1) is 0 Å². The molecule has 0 radical (unpaired) electrons. The van der Waals surface area contributed by atoms with Crippen LogP contribution in [0.4, 0.5) is 4.79 Å². The Morgan fingerprint density at radius 1 is 1.33 bits per heavy atom. The summed E-state index contributed by atoms with van der Waals surface area (Å²) >= 11 is 0. The zero-order valence-electron chi connectivity index (χ0n) is 15.5. The van der Waals surface area contributed by atoms with Gasteiger partial charge in [0.05, 0.1) is 20.3 Å². The quantitative estimate of drug-likeness (QED) is 0.687. The number of hydrogen-bond acceptors (Lipinski definition) is 7. The maximum Gasteiger partial charge on any atom is 0.413 e. The van der Waals surface area contributed by atoms with Crippen molar-refractivity contribution >= 4 is 18.0 Å². The molecule has 2 N–H and O–H groups in total. The fourth-order valence-corrected chi connectivity index (χ4v) is 2.72. The minimum atomic E-state index is -1.23. The number of hydrogen-bond donors (Lipinski definition) is 2. The molecule has 1 aromatic carbocycles. The van der Waals surface area contributed by atoms with Crippen LogP contribution in [0.15, 0.2) is 30.3 Å². The Labute approximate surface area is 157 Å². The van der Waals surface area contributed by atoms with Crippen molar-refractivity contribution in [3.8, 4) is 0 Å². The maximum atomic E-state index is 12.6. The predicted octanol–water partition coefficient (Wildman–Crippen LogP) is 0.410. The summed E-state index contributed by atoms with van der Waals surface area (Å²) < 4.78 is 15.4. The Bertz CT molecular complexity index is 678. The number of nitrogens with zero attached hydrogens (tertiary/aromatic N) is 1. The van der Waals surface area contributed by atoms with Gasteiger partial charge in [0.2, 0.25) is 5.91 Å². The van der Waals surface area contributed by atoms with E-state index in [4.69, 9.17) is 9.47 Å². The van der Waals surface area contributed by atoms with E-state index in [1.165, 1.54) is 4.90 Å². The van der Waals surface area contributed by atoms with Gasteiger partial charge in [0.1, 0.15) is 18.4 Å². The average molecular weight is 380 g/mol. The Kier molecular flexibility index (Phi) is 6.75. The molecule has 1 heterocycles. The number of carbonyl (C=O) groups excluding carboxylic acids is 3. The zero-order valence-corrected chi connectivity index (χ0v) is 15.5. The van der Waals surface area contributed by atoms with E-state index in [-0.39, 0.29) is 13.2 Å². The second-order valence-corrected chi connectivity index (χ2v) is 6.45. The summed E-state index contributed by atoms with van der Waals surface area (Å²) in [5.41, 5.74) is -0.272. The second-order valence-electron chi connectivity index (χ2n) is 6.45. The van der Waals surface area contributed by atoms with Crippen molar-refractivity contribution < 1.29 is 33.7 Å². The standard InChI is InChI=1S/C18H24N2O7/c1-18(2)20(17(24)26-10-12-7-5-4-6-8-12)14(11-27-18)15(22)19-13(9-21)16(23)25-3/h4-8,13-14,21H,9-11H2,1-3H3,(H,19,22)/t13-,14-/m0/s1. The first-order valence-corrected chi connectivity index (χ1v) is 8.43. The lowest BCUT2D eigenvalue weighted by atomic mass is 10.2. The minimum Gasteiger partial charge on any atom is -0.467 e. The molecule has 1 aliphatic rings. The number of methoxy groups -OCH3 is 1. The molecule has 2 amide bonds. The summed E-state index contributed by atoms with van der Waals surface area (Å²) in [5.74, 6) is -1.44. The number of esters is 1. The number of nitrogens with one attached hydrogen (secondary N) is 1. The van der Waals surface area contributed by atoms with Crippen LogP contribution in [0.1, 0.15) is 19.4 Å². The van der Waals surface area contributed by atoms with E-state index >= 15 is 0 Å². The lowest BCUT2D eigenvalue weighted by Crippen LogP contribution is -2.56. The number of amides is 2. The van der Waals surface area contributed by atoms with E-state index in [9.17, 15) is 19.5 Å². The van der Waals surface area contributed by atoms with Gasteiger partial charge >= 0.3 is 12.1 Å². The number of carbonyl (C=O) groups is 3. The lowest BCUT2D eigenvalue weighted by molar-refractivity contribution is -0.146. The first-order valence-electron chi connectivity index (χ1n) is 8.43. The van der Waals surface area contributed by atoms with E-state index in [0.717, 1.165) is 12.7 Å². The molecule has 0 unspecified atom stereocenters. The van der Waals surface area contributed by atoms with Crippen LogP contribution in [0.25, 0.3) is 0 Å². The van der Waals surface area contributed by atoms with Gasteiger partial charge in [-0.3, -0.25) is 9.69 Å². The largest absolute Gasteiger partial charge is 0.467 e. The Balaban J connectivity index is 2.07. The SMILES string of the molecule is COC(=O)[C@H](CO)NC(=O)[C@@H]1COC(C)(C)N1C(=O)OCc1ccccc1. The van der Waals surface area contributed by atoms with Crippen molar-refractivity contribution in [3.63, 3.8) is 0 Å². The Morgan fingerprint density at radius 2 is 2.00 bits per heavy atom. The number of ether oxygens (including phenoxy) is 3. The van der Waals surface area contributed by atoms with Crippen molar-refractivity contribution in [2.24, 2.45) is 0 Å². The third-order valence-electron chi connectivity index (χ3n) is 4.18. The molecule has 2 rings (SSSR count). The van der Waals surface area contributed by atoms with Gasteiger partial charge in [0.15, 0.2) is 6.04 Å². The predicted molar refractivity (Wildman–Crippen MR) is 93.3 cm³/mol. The molecule has 9 heteroatoms. The Morgan fingerprint density at radius 3 is 2.59 bits per heavy atom. The minimum absolute atomic E-state index is 0.0437. The van der Waals surface area contributed by atoms with Gasteiger partial charge in [-0.25, -0.2) is 9.59 Å². The fraction of sp³-hybridized carbons (Fsp3) is 0.500. The van der Waals surface area contributed by atoms with Gasteiger partial charge < -0.3 is 24.6 Å². The lowest BCUT2D eigenvalue weighted by Gasteiger charge is -2.32. The molecular weight excluding hydrogens is 356 g/mol. The third-order valence-corrected chi connectivity index (χ3v) is 4.18. The molecule has 1 aliphatic heterocycles. The normalized spacial score (nSPS) is 19.3. The molecule has 1 saturated heterocycles. The van der Waals surface area contributed by atoms with E-state index in [0.29, 0.717) is 0 Å². The molecule has 0 saturated carbocycles. The van der Waals surface area contributed by atoms with Gasteiger partial charge in [0, 0.05) is 0 Å². The fourth-order valence-electron chi connectivity index (χ4n) is 2.72. The molecule has 2 atom stereocenters. The van der Waals surface area contributed by atoms with Gasteiger partial charge in [-0.2, -0.15) is 0 Å². The monoisotopic (exact) mass is 380 g/mol. The van der Waals surface area contributed by atoms with Crippen LogP contribution < -0.4 is 5.32 Å². The molecular formula is C18H24N2O7. The van der Waals surface area contributed by atoms with Gasteiger partial charge in [0.25, 0.3) is 0 Å². The van der Waals surface area contributed by atoms with E-state index < -0.39 is 42.4 Å². The highest BCUT2D eigenvalue weighted by atomic mass is 16.6. The van der Waals surface area contributed by atoms with Crippen molar-refractivity contribution in [2.45, 2.75) is 38.3 Å². The van der Waals surface area contributed by atoms with Gasteiger partial charge in [-0.05, 0) is 19.4 Å². The summed E-state index contributed by atoms with van der Waals surface area (Å²) in [7, 11) is 1.15.